The second-order valence-electron chi connectivity index (χ2n) is 6.95. The van der Waals surface area contributed by atoms with Crippen molar-refractivity contribution in [2.24, 2.45) is 0 Å². The Morgan fingerprint density at radius 1 is 1.19 bits per heavy atom. The van der Waals surface area contributed by atoms with Crippen molar-refractivity contribution in [3.8, 4) is 5.69 Å². The smallest absolute Gasteiger partial charge is 0.227 e. The fourth-order valence-corrected chi connectivity index (χ4v) is 3.68. The van der Waals surface area contributed by atoms with Crippen LogP contribution in [0.5, 0.6) is 0 Å². The van der Waals surface area contributed by atoms with Gasteiger partial charge in [0.25, 0.3) is 0 Å². The highest BCUT2D eigenvalue weighted by Gasteiger charge is 2.28. The second kappa shape index (κ2) is 7.73. The van der Waals surface area contributed by atoms with Crippen molar-refractivity contribution in [1.29, 1.82) is 0 Å². The maximum atomic E-state index is 13.0. The third-order valence-corrected chi connectivity index (χ3v) is 5.11. The van der Waals surface area contributed by atoms with Crippen LogP contribution in [0.3, 0.4) is 0 Å². The standard InChI is InChI=1S/C20H23N5O2/c1-15-21-22-23-25(15)17-10-8-16(9-11-17)14-20(26)24-12-4-2-3-6-18(24)19-7-5-13-27-19/h5,7-11,13,18H,2-4,6,12,14H2,1H3. The molecule has 1 atom stereocenters. The van der Waals surface area contributed by atoms with Gasteiger partial charge in [-0.2, -0.15) is 4.68 Å². The molecular formula is C20H23N5O2. The van der Waals surface area contributed by atoms with Crippen LogP contribution < -0.4 is 0 Å². The summed E-state index contributed by atoms with van der Waals surface area (Å²) in [4.78, 5) is 15.0. The molecule has 1 aromatic carbocycles. The van der Waals surface area contributed by atoms with Crippen molar-refractivity contribution in [2.45, 2.75) is 45.1 Å². The van der Waals surface area contributed by atoms with Gasteiger partial charge in [0.2, 0.25) is 5.91 Å². The molecule has 0 aliphatic carbocycles. The zero-order chi connectivity index (χ0) is 18.6. The lowest BCUT2D eigenvalue weighted by molar-refractivity contribution is -0.133. The van der Waals surface area contributed by atoms with E-state index in [9.17, 15) is 4.79 Å². The molecule has 1 unspecified atom stereocenters. The second-order valence-corrected chi connectivity index (χ2v) is 6.95. The minimum atomic E-state index is 0.0399. The number of hydrogen-bond donors (Lipinski definition) is 0. The summed E-state index contributed by atoms with van der Waals surface area (Å²) in [6.45, 7) is 2.64. The number of carbonyl (C=O) groups is 1. The van der Waals surface area contributed by atoms with Crippen molar-refractivity contribution >= 4 is 5.91 Å². The van der Waals surface area contributed by atoms with Gasteiger partial charge in [0.05, 0.1) is 24.4 Å². The summed E-state index contributed by atoms with van der Waals surface area (Å²) in [5, 5.41) is 11.5. The van der Waals surface area contributed by atoms with Gasteiger partial charge in [0.1, 0.15) is 5.76 Å². The number of nitrogens with zero attached hydrogens (tertiary/aromatic N) is 5. The number of benzene rings is 1. The van der Waals surface area contributed by atoms with Crippen LogP contribution in [0.1, 0.15) is 48.9 Å². The van der Waals surface area contributed by atoms with E-state index in [0.29, 0.717) is 6.42 Å². The molecule has 0 radical (unpaired) electrons. The van der Waals surface area contributed by atoms with Gasteiger partial charge in [0, 0.05) is 6.54 Å². The molecule has 1 fully saturated rings. The molecule has 7 nitrogen and oxygen atoms in total. The number of rotatable bonds is 4. The zero-order valence-electron chi connectivity index (χ0n) is 15.4. The minimum absolute atomic E-state index is 0.0399. The molecule has 2 aromatic heterocycles. The molecular weight excluding hydrogens is 342 g/mol. The molecule has 27 heavy (non-hydrogen) atoms. The molecule has 3 heterocycles. The zero-order valence-corrected chi connectivity index (χ0v) is 15.4. The predicted octanol–water partition coefficient (Wildman–Crippen LogP) is 3.25. The predicted molar refractivity (Wildman–Crippen MR) is 99.2 cm³/mol. The fourth-order valence-electron chi connectivity index (χ4n) is 3.68. The number of furan rings is 1. The van der Waals surface area contributed by atoms with Crippen LogP contribution in [0.25, 0.3) is 5.69 Å². The van der Waals surface area contributed by atoms with E-state index >= 15 is 0 Å². The fraction of sp³-hybridized carbons (Fsp3) is 0.400. The summed E-state index contributed by atoms with van der Waals surface area (Å²) in [5.74, 6) is 1.75. The molecule has 3 aromatic rings. The number of amides is 1. The van der Waals surface area contributed by atoms with E-state index < -0.39 is 0 Å². The average Bonchev–Trinajstić information content (AvgIpc) is 3.29. The Hall–Kier alpha value is -2.96. The summed E-state index contributed by atoms with van der Waals surface area (Å²) in [6, 6.07) is 11.7. The van der Waals surface area contributed by atoms with Gasteiger partial charge < -0.3 is 9.32 Å². The summed E-state index contributed by atoms with van der Waals surface area (Å²) in [6.07, 6.45) is 6.34. The lowest BCUT2D eigenvalue weighted by atomic mass is 10.1. The Morgan fingerprint density at radius 3 is 2.74 bits per heavy atom. The lowest BCUT2D eigenvalue weighted by Crippen LogP contribution is -2.35. The molecule has 4 rings (SSSR count). The van der Waals surface area contributed by atoms with Gasteiger partial charge in [-0.25, -0.2) is 0 Å². The topological polar surface area (TPSA) is 77.1 Å². The molecule has 1 aliphatic heterocycles. The molecule has 0 bridgehead atoms. The van der Waals surface area contributed by atoms with Gasteiger partial charge in [0.15, 0.2) is 5.82 Å². The number of hydrogen-bond acceptors (Lipinski definition) is 5. The van der Waals surface area contributed by atoms with Crippen LogP contribution in [0, 0.1) is 6.92 Å². The van der Waals surface area contributed by atoms with E-state index in [0.717, 1.165) is 55.1 Å². The Balaban J connectivity index is 1.49. The maximum absolute atomic E-state index is 13.0. The van der Waals surface area contributed by atoms with E-state index in [1.807, 2.05) is 48.2 Å². The molecule has 0 N–H and O–H groups in total. The Kier molecular flexibility index (Phi) is 5.00. The van der Waals surface area contributed by atoms with Crippen LogP contribution in [0.2, 0.25) is 0 Å². The molecule has 1 saturated heterocycles. The molecule has 1 aliphatic rings. The number of aromatic nitrogens is 4. The average molecular weight is 365 g/mol. The van der Waals surface area contributed by atoms with Crippen molar-refractivity contribution in [1.82, 2.24) is 25.1 Å². The van der Waals surface area contributed by atoms with Gasteiger partial charge >= 0.3 is 0 Å². The Morgan fingerprint density at radius 2 is 2.04 bits per heavy atom. The first-order valence-electron chi connectivity index (χ1n) is 9.39. The van der Waals surface area contributed by atoms with Crippen LogP contribution in [-0.2, 0) is 11.2 Å². The molecule has 0 spiro atoms. The number of carbonyl (C=O) groups excluding carboxylic acids is 1. The first-order chi connectivity index (χ1) is 13.2. The highest BCUT2D eigenvalue weighted by Crippen LogP contribution is 2.31. The van der Waals surface area contributed by atoms with Gasteiger partial charge in [-0.15, -0.1) is 5.10 Å². The van der Waals surface area contributed by atoms with Gasteiger partial charge in [-0.1, -0.05) is 25.0 Å². The van der Waals surface area contributed by atoms with E-state index in [-0.39, 0.29) is 11.9 Å². The van der Waals surface area contributed by atoms with Crippen LogP contribution in [0.15, 0.2) is 47.1 Å². The van der Waals surface area contributed by atoms with E-state index in [1.165, 1.54) is 0 Å². The summed E-state index contributed by atoms with van der Waals surface area (Å²) < 4.78 is 7.29. The SMILES string of the molecule is Cc1nnnn1-c1ccc(CC(=O)N2CCCCCC2c2ccco2)cc1. The molecule has 1 amide bonds. The number of aryl methyl sites for hydroxylation is 1. The first kappa shape index (κ1) is 17.5. The van der Waals surface area contributed by atoms with Crippen molar-refractivity contribution in [3.63, 3.8) is 0 Å². The summed E-state index contributed by atoms with van der Waals surface area (Å²) in [7, 11) is 0. The molecule has 140 valence electrons. The third kappa shape index (κ3) is 3.77. The van der Waals surface area contributed by atoms with Crippen LogP contribution in [-0.4, -0.2) is 37.6 Å². The van der Waals surface area contributed by atoms with Crippen molar-refractivity contribution in [3.05, 3.63) is 59.8 Å². The van der Waals surface area contributed by atoms with E-state index in [1.54, 1.807) is 10.9 Å². The van der Waals surface area contributed by atoms with Crippen molar-refractivity contribution < 1.29 is 9.21 Å². The maximum Gasteiger partial charge on any atom is 0.227 e. The Bertz CT molecular complexity index is 886. The highest BCUT2D eigenvalue weighted by molar-refractivity contribution is 5.79. The molecule has 0 saturated carbocycles. The quantitative estimate of drug-likeness (QED) is 0.709. The van der Waals surface area contributed by atoms with E-state index in [2.05, 4.69) is 15.5 Å². The monoisotopic (exact) mass is 365 g/mol. The van der Waals surface area contributed by atoms with Gasteiger partial charge in [-0.3, -0.25) is 4.79 Å². The minimum Gasteiger partial charge on any atom is -0.467 e. The van der Waals surface area contributed by atoms with E-state index in [4.69, 9.17) is 4.42 Å². The van der Waals surface area contributed by atoms with Crippen molar-refractivity contribution in [2.75, 3.05) is 6.54 Å². The van der Waals surface area contributed by atoms with Crippen LogP contribution >= 0.6 is 0 Å². The van der Waals surface area contributed by atoms with Gasteiger partial charge in [-0.05, 0) is 60.0 Å². The largest absolute Gasteiger partial charge is 0.467 e. The number of likely N-dealkylation sites (tertiary alicyclic amines) is 1. The highest BCUT2D eigenvalue weighted by atomic mass is 16.3. The molecule has 7 heteroatoms. The number of tetrazole rings is 1. The van der Waals surface area contributed by atoms with Crippen LogP contribution in [0.4, 0.5) is 0 Å². The summed E-state index contributed by atoms with van der Waals surface area (Å²) in [5.41, 5.74) is 1.87. The summed E-state index contributed by atoms with van der Waals surface area (Å²) >= 11 is 0. The first-order valence-corrected chi connectivity index (χ1v) is 9.39. The third-order valence-electron chi connectivity index (χ3n) is 5.11. The normalized spacial score (nSPS) is 17.7. The Labute approximate surface area is 158 Å². The lowest BCUT2D eigenvalue weighted by Gasteiger charge is -2.28.